The number of aliphatic hydroxyl groups excluding tert-OH is 1. The van der Waals surface area contributed by atoms with E-state index in [0.29, 0.717) is 0 Å². The molecule has 2 aromatic carbocycles. The number of nitrogens with one attached hydrogen (secondary N) is 1. The summed E-state index contributed by atoms with van der Waals surface area (Å²) in [6.45, 7) is 0.785. The summed E-state index contributed by atoms with van der Waals surface area (Å²) in [5.74, 6) is 0. The van der Waals surface area contributed by atoms with Gasteiger partial charge < -0.3 is 10.4 Å². The number of rotatable bonds is 4. The molecule has 1 aliphatic rings. The summed E-state index contributed by atoms with van der Waals surface area (Å²) < 4.78 is 0. The van der Waals surface area contributed by atoms with Gasteiger partial charge >= 0.3 is 0 Å². The Kier molecular flexibility index (Phi) is 4.37. The van der Waals surface area contributed by atoms with Gasteiger partial charge in [0.25, 0.3) is 0 Å². The average molecular weight is 281 g/mol. The minimum atomic E-state index is -0.322. The highest BCUT2D eigenvalue weighted by atomic mass is 16.3. The van der Waals surface area contributed by atoms with Crippen molar-refractivity contribution < 1.29 is 5.11 Å². The zero-order valence-corrected chi connectivity index (χ0v) is 12.3. The van der Waals surface area contributed by atoms with Gasteiger partial charge in [0.15, 0.2) is 0 Å². The molecule has 0 saturated heterocycles. The Bertz CT molecular complexity index is 554. The van der Waals surface area contributed by atoms with Crippen LogP contribution in [0.2, 0.25) is 0 Å². The predicted molar refractivity (Wildman–Crippen MR) is 85.9 cm³/mol. The molecule has 0 spiro atoms. The van der Waals surface area contributed by atoms with Gasteiger partial charge in [-0.2, -0.15) is 0 Å². The summed E-state index contributed by atoms with van der Waals surface area (Å²) in [4.78, 5) is 0. The quantitative estimate of drug-likeness (QED) is 0.897. The Morgan fingerprint density at radius 1 is 0.952 bits per heavy atom. The minimum Gasteiger partial charge on any atom is -0.391 e. The van der Waals surface area contributed by atoms with Crippen LogP contribution in [0.25, 0.3) is 0 Å². The lowest BCUT2D eigenvalue weighted by Crippen LogP contribution is -2.53. The van der Waals surface area contributed by atoms with Crippen LogP contribution >= 0.6 is 0 Å². The van der Waals surface area contributed by atoms with Crippen molar-refractivity contribution in [1.29, 1.82) is 0 Å². The summed E-state index contributed by atoms with van der Waals surface area (Å²) in [6.07, 6.45) is 3.82. The van der Waals surface area contributed by atoms with Crippen molar-refractivity contribution >= 4 is 0 Å². The van der Waals surface area contributed by atoms with Gasteiger partial charge in [-0.3, -0.25) is 0 Å². The number of aliphatic hydroxyl groups is 1. The molecular formula is C19H23NO. The molecule has 0 amide bonds. The van der Waals surface area contributed by atoms with E-state index in [2.05, 4.69) is 53.8 Å². The van der Waals surface area contributed by atoms with Gasteiger partial charge in [-0.1, -0.05) is 73.5 Å². The van der Waals surface area contributed by atoms with E-state index in [1.165, 1.54) is 11.1 Å². The Balaban J connectivity index is 1.86. The summed E-state index contributed by atoms with van der Waals surface area (Å²) in [5, 5.41) is 14.4. The molecule has 2 heteroatoms. The first-order valence-electron chi connectivity index (χ1n) is 7.84. The number of hydrogen-bond acceptors (Lipinski definition) is 2. The molecule has 3 rings (SSSR count). The zero-order valence-electron chi connectivity index (χ0n) is 12.3. The lowest BCUT2D eigenvalue weighted by molar-refractivity contribution is 0.0192. The summed E-state index contributed by atoms with van der Waals surface area (Å²) in [5.41, 5.74) is 2.15. The Labute approximate surface area is 126 Å². The van der Waals surface area contributed by atoms with E-state index in [4.69, 9.17) is 0 Å². The molecule has 2 unspecified atom stereocenters. The van der Waals surface area contributed by atoms with Crippen molar-refractivity contribution in [3.05, 3.63) is 71.8 Å². The fourth-order valence-corrected chi connectivity index (χ4v) is 3.39. The van der Waals surface area contributed by atoms with Gasteiger partial charge in [-0.15, -0.1) is 0 Å². The van der Waals surface area contributed by atoms with Crippen LogP contribution in [0.5, 0.6) is 0 Å². The normalized spacial score (nSPS) is 25.7. The van der Waals surface area contributed by atoms with E-state index in [0.717, 1.165) is 32.2 Å². The van der Waals surface area contributed by atoms with Crippen molar-refractivity contribution in [2.45, 2.75) is 43.9 Å². The number of hydrogen-bond donors (Lipinski definition) is 2. The average Bonchev–Trinajstić information content (AvgIpc) is 2.56. The van der Waals surface area contributed by atoms with Crippen LogP contribution in [-0.4, -0.2) is 11.2 Å². The molecule has 0 bridgehead atoms. The fourth-order valence-electron chi connectivity index (χ4n) is 3.39. The maximum Gasteiger partial charge on any atom is 0.0763 e. The van der Waals surface area contributed by atoms with E-state index < -0.39 is 0 Å². The topological polar surface area (TPSA) is 32.3 Å². The molecule has 0 heterocycles. The van der Waals surface area contributed by atoms with Crippen molar-refractivity contribution in [3.8, 4) is 0 Å². The van der Waals surface area contributed by atoms with E-state index in [-0.39, 0.29) is 11.6 Å². The first-order valence-corrected chi connectivity index (χ1v) is 7.84. The Hall–Kier alpha value is -1.64. The molecule has 21 heavy (non-hydrogen) atoms. The maximum atomic E-state index is 10.7. The lowest BCUT2D eigenvalue weighted by atomic mass is 9.74. The van der Waals surface area contributed by atoms with Crippen molar-refractivity contribution in [2.75, 3.05) is 0 Å². The Morgan fingerprint density at radius 3 is 2.29 bits per heavy atom. The minimum absolute atomic E-state index is 0.310. The van der Waals surface area contributed by atoms with E-state index in [1.54, 1.807) is 0 Å². The third kappa shape index (κ3) is 3.02. The van der Waals surface area contributed by atoms with Crippen LogP contribution in [0, 0.1) is 0 Å². The van der Waals surface area contributed by atoms with Crippen molar-refractivity contribution in [2.24, 2.45) is 0 Å². The third-order valence-corrected chi connectivity index (χ3v) is 4.61. The van der Waals surface area contributed by atoms with Crippen molar-refractivity contribution in [1.82, 2.24) is 5.32 Å². The second kappa shape index (κ2) is 6.42. The van der Waals surface area contributed by atoms with E-state index in [9.17, 15) is 5.11 Å². The second-order valence-electron chi connectivity index (χ2n) is 5.94. The van der Waals surface area contributed by atoms with Gasteiger partial charge in [0.2, 0.25) is 0 Å². The van der Waals surface area contributed by atoms with E-state index in [1.807, 2.05) is 12.1 Å². The standard InChI is InChI=1S/C19H23NO/c21-18-13-7-8-14-19(18,17-11-5-2-6-12-17)20-15-16-9-3-1-4-10-16/h1-6,9-12,18,20-21H,7-8,13-15H2. The highest BCUT2D eigenvalue weighted by molar-refractivity contribution is 5.27. The molecule has 2 N–H and O–H groups in total. The van der Waals surface area contributed by atoms with Gasteiger partial charge in [0.05, 0.1) is 11.6 Å². The first-order chi connectivity index (χ1) is 10.3. The van der Waals surface area contributed by atoms with Gasteiger partial charge in [-0.25, -0.2) is 0 Å². The molecule has 0 aromatic heterocycles. The molecule has 0 radical (unpaired) electrons. The highest BCUT2D eigenvalue weighted by Gasteiger charge is 2.40. The number of benzene rings is 2. The van der Waals surface area contributed by atoms with E-state index >= 15 is 0 Å². The predicted octanol–water partition coefficient (Wildman–Crippen LogP) is 3.61. The first kappa shape index (κ1) is 14.3. The van der Waals surface area contributed by atoms with Gasteiger partial charge in [0.1, 0.15) is 0 Å². The molecular weight excluding hydrogens is 258 g/mol. The van der Waals surface area contributed by atoms with Crippen LogP contribution < -0.4 is 5.32 Å². The second-order valence-corrected chi connectivity index (χ2v) is 5.94. The third-order valence-electron chi connectivity index (χ3n) is 4.61. The molecule has 1 aliphatic carbocycles. The lowest BCUT2D eigenvalue weighted by Gasteiger charge is -2.43. The van der Waals surface area contributed by atoms with Crippen LogP contribution in [0.1, 0.15) is 36.8 Å². The monoisotopic (exact) mass is 281 g/mol. The van der Waals surface area contributed by atoms with Gasteiger partial charge in [-0.05, 0) is 24.0 Å². The maximum absolute atomic E-state index is 10.7. The molecule has 110 valence electrons. The molecule has 2 atom stereocenters. The molecule has 2 aromatic rings. The largest absolute Gasteiger partial charge is 0.391 e. The smallest absolute Gasteiger partial charge is 0.0763 e. The molecule has 2 nitrogen and oxygen atoms in total. The highest BCUT2D eigenvalue weighted by Crippen LogP contribution is 2.37. The van der Waals surface area contributed by atoms with Gasteiger partial charge in [0, 0.05) is 6.54 Å². The molecule has 0 aliphatic heterocycles. The van der Waals surface area contributed by atoms with Crippen molar-refractivity contribution in [3.63, 3.8) is 0 Å². The SMILES string of the molecule is OC1CCCCC1(NCc1ccccc1)c1ccccc1. The zero-order chi connectivity index (χ0) is 14.5. The summed E-state index contributed by atoms with van der Waals surface area (Å²) in [7, 11) is 0. The van der Waals surface area contributed by atoms with Crippen LogP contribution in [0.4, 0.5) is 0 Å². The van der Waals surface area contributed by atoms with Crippen LogP contribution in [0.15, 0.2) is 60.7 Å². The van der Waals surface area contributed by atoms with Crippen LogP contribution in [0.3, 0.4) is 0 Å². The summed E-state index contributed by atoms with van der Waals surface area (Å²) >= 11 is 0. The molecule has 1 fully saturated rings. The molecule has 1 saturated carbocycles. The van der Waals surface area contributed by atoms with Crippen LogP contribution in [-0.2, 0) is 12.1 Å². The Morgan fingerprint density at radius 2 is 1.62 bits per heavy atom. The summed E-state index contributed by atoms with van der Waals surface area (Å²) in [6, 6.07) is 20.8. The fraction of sp³-hybridized carbons (Fsp3) is 0.368.